The lowest BCUT2D eigenvalue weighted by atomic mass is 10.2. The Morgan fingerprint density at radius 2 is 1.68 bits per heavy atom. The summed E-state index contributed by atoms with van der Waals surface area (Å²) < 4.78 is 38.4. The number of methoxy groups -OCH3 is 2. The van der Waals surface area contributed by atoms with Crippen molar-refractivity contribution in [3.63, 3.8) is 0 Å². The summed E-state index contributed by atoms with van der Waals surface area (Å²) in [5.41, 5.74) is 1.91. The highest BCUT2D eigenvalue weighted by molar-refractivity contribution is 9.10. The van der Waals surface area contributed by atoms with Crippen LogP contribution in [0.25, 0.3) is 0 Å². The zero-order valence-corrected chi connectivity index (χ0v) is 15.6. The van der Waals surface area contributed by atoms with Crippen LogP contribution in [0.1, 0.15) is 10.4 Å². The van der Waals surface area contributed by atoms with Gasteiger partial charge < -0.3 is 9.47 Å². The van der Waals surface area contributed by atoms with Crippen LogP contribution in [0.2, 0.25) is 0 Å². The fourth-order valence-electron chi connectivity index (χ4n) is 2.01. The third-order valence-corrected chi connectivity index (χ3v) is 5.25. The number of anilines is 1. The number of hydrogen-bond acceptors (Lipinski definition) is 6. The van der Waals surface area contributed by atoms with Gasteiger partial charge in [-0.15, -0.1) is 0 Å². The van der Waals surface area contributed by atoms with Crippen LogP contribution in [0.15, 0.2) is 45.8 Å². The third-order valence-electron chi connectivity index (χ3n) is 3.23. The van der Waals surface area contributed by atoms with E-state index in [-0.39, 0.29) is 21.9 Å². The van der Waals surface area contributed by atoms with Crippen molar-refractivity contribution >= 4 is 37.5 Å². The van der Waals surface area contributed by atoms with Gasteiger partial charge in [0.1, 0.15) is 16.4 Å². The van der Waals surface area contributed by atoms with Crippen LogP contribution in [-0.2, 0) is 10.0 Å². The summed E-state index contributed by atoms with van der Waals surface area (Å²) in [4.78, 5) is 11.2. The van der Waals surface area contributed by atoms with Gasteiger partial charge in [-0.2, -0.15) is 0 Å². The van der Waals surface area contributed by atoms with Gasteiger partial charge in [0.2, 0.25) is 0 Å². The van der Waals surface area contributed by atoms with Gasteiger partial charge in [0.05, 0.1) is 18.7 Å². The van der Waals surface area contributed by atoms with E-state index in [4.69, 9.17) is 14.7 Å². The number of carbonyl (C=O) groups excluding carboxylic acids is 1. The molecule has 0 saturated carbocycles. The van der Waals surface area contributed by atoms with E-state index in [9.17, 15) is 13.2 Å². The molecular formula is C15H15BrN2O6S. The summed E-state index contributed by atoms with van der Waals surface area (Å²) >= 11 is 3.24. The Kier molecular flexibility index (Phi) is 5.88. The van der Waals surface area contributed by atoms with Crippen LogP contribution in [0.3, 0.4) is 0 Å². The first-order valence-electron chi connectivity index (χ1n) is 6.81. The maximum Gasteiger partial charge on any atom is 0.274 e. The molecule has 0 heterocycles. The van der Waals surface area contributed by atoms with E-state index in [1.807, 2.05) is 0 Å². The second kappa shape index (κ2) is 7.72. The molecule has 2 rings (SSSR count). The van der Waals surface area contributed by atoms with Crippen LogP contribution in [0.4, 0.5) is 5.69 Å². The number of halogens is 1. The molecule has 0 aromatic heterocycles. The van der Waals surface area contributed by atoms with Crippen LogP contribution in [-0.4, -0.2) is 33.8 Å². The summed E-state index contributed by atoms with van der Waals surface area (Å²) in [7, 11) is -1.15. The van der Waals surface area contributed by atoms with E-state index in [0.717, 1.165) is 0 Å². The minimum Gasteiger partial charge on any atom is -0.495 e. The molecular weight excluding hydrogens is 416 g/mol. The van der Waals surface area contributed by atoms with Crippen molar-refractivity contribution in [3.05, 3.63) is 46.4 Å². The molecule has 0 aliphatic heterocycles. The monoisotopic (exact) mass is 430 g/mol. The van der Waals surface area contributed by atoms with Gasteiger partial charge in [0.25, 0.3) is 15.9 Å². The number of ether oxygens (including phenoxy) is 2. The smallest absolute Gasteiger partial charge is 0.274 e. The topological polar surface area (TPSA) is 114 Å². The lowest BCUT2D eigenvalue weighted by Gasteiger charge is -2.14. The molecule has 8 nitrogen and oxygen atoms in total. The first kappa shape index (κ1) is 19.0. The second-order valence-electron chi connectivity index (χ2n) is 4.76. The predicted molar refractivity (Wildman–Crippen MR) is 93.7 cm³/mol. The van der Waals surface area contributed by atoms with Crippen molar-refractivity contribution in [1.82, 2.24) is 5.48 Å². The van der Waals surface area contributed by atoms with Gasteiger partial charge in [-0.05, 0) is 46.3 Å². The highest BCUT2D eigenvalue weighted by Crippen LogP contribution is 2.36. The number of carbonyl (C=O) groups is 1. The Morgan fingerprint density at radius 3 is 2.20 bits per heavy atom. The minimum atomic E-state index is -3.95. The van der Waals surface area contributed by atoms with Gasteiger partial charge in [0.15, 0.2) is 0 Å². The lowest BCUT2D eigenvalue weighted by Crippen LogP contribution is -2.18. The molecule has 134 valence electrons. The number of hydrogen-bond donors (Lipinski definition) is 3. The largest absolute Gasteiger partial charge is 0.495 e. The molecule has 2 aromatic rings. The number of rotatable bonds is 6. The molecule has 1 amide bonds. The van der Waals surface area contributed by atoms with E-state index >= 15 is 0 Å². The van der Waals surface area contributed by atoms with Gasteiger partial charge in [-0.3, -0.25) is 14.7 Å². The Morgan fingerprint density at radius 1 is 1.08 bits per heavy atom. The molecule has 2 aromatic carbocycles. The standard InChI is InChI=1S/C15H15BrN2O6S/c1-23-12-8-13(24-2)14(7-11(12)16)25(21,22)18-10-5-3-9(4-6-10)15(19)17-20/h3-8,18,20H,1-2H3,(H,17,19). The average molecular weight is 431 g/mol. The zero-order valence-electron chi connectivity index (χ0n) is 13.2. The number of benzene rings is 2. The molecule has 0 unspecified atom stereocenters. The fraction of sp³-hybridized carbons (Fsp3) is 0.133. The fourth-order valence-corrected chi connectivity index (χ4v) is 3.90. The Balaban J connectivity index is 2.36. The van der Waals surface area contributed by atoms with Crippen LogP contribution >= 0.6 is 15.9 Å². The number of hydroxylamine groups is 1. The zero-order chi connectivity index (χ0) is 18.6. The highest BCUT2D eigenvalue weighted by Gasteiger charge is 2.22. The maximum absolute atomic E-state index is 12.6. The molecule has 0 bridgehead atoms. The van der Waals surface area contributed by atoms with Crippen molar-refractivity contribution in [2.24, 2.45) is 0 Å². The molecule has 0 atom stereocenters. The van der Waals surface area contributed by atoms with Crippen molar-refractivity contribution in [1.29, 1.82) is 0 Å². The Bertz CT molecular complexity index is 884. The molecule has 0 fully saturated rings. The van der Waals surface area contributed by atoms with Crippen LogP contribution < -0.4 is 19.7 Å². The lowest BCUT2D eigenvalue weighted by molar-refractivity contribution is 0.0706. The molecule has 10 heteroatoms. The molecule has 0 saturated heterocycles. The van der Waals surface area contributed by atoms with E-state index in [1.54, 1.807) is 0 Å². The van der Waals surface area contributed by atoms with Gasteiger partial charge in [0, 0.05) is 17.3 Å². The normalized spacial score (nSPS) is 10.9. The highest BCUT2D eigenvalue weighted by atomic mass is 79.9. The number of sulfonamides is 1. The maximum atomic E-state index is 12.6. The van der Waals surface area contributed by atoms with Gasteiger partial charge >= 0.3 is 0 Å². The Hall–Kier alpha value is -2.30. The molecule has 0 radical (unpaired) electrons. The van der Waals surface area contributed by atoms with E-state index < -0.39 is 15.9 Å². The minimum absolute atomic E-state index is 0.0835. The summed E-state index contributed by atoms with van der Waals surface area (Å²) in [6, 6.07) is 8.34. The number of nitrogens with one attached hydrogen (secondary N) is 2. The van der Waals surface area contributed by atoms with Gasteiger partial charge in [-0.1, -0.05) is 0 Å². The van der Waals surface area contributed by atoms with Crippen molar-refractivity contribution in [2.45, 2.75) is 4.90 Å². The van der Waals surface area contributed by atoms with E-state index in [1.165, 1.54) is 56.1 Å². The summed E-state index contributed by atoms with van der Waals surface area (Å²) in [5.74, 6) is -0.158. The van der Waals surface area contributed by atoms with Crippen molar-refractivity contribution < 1.29 is 27.9 Å². The average Bonchev–Trinajstić information content (AvgIpc) is 2.61. The molecule has 3 N–H and O–H groups in total. The quantitative estimate of drug-likeness (QED) is 0.478. The SMILES string of the molecule is COc1cc(OC)c(S(=O)(=O)Nc2ccc(C(=O)NO)cc2)cc1Br. The molecule has 25 heavy (non-hydrogen) atoms. The van der Waals surface area contributed by atoms with E-state index in [0.29, 0.717) is 10.2 Å². The van der Waals surface area contributed by atoms with E-state index in [2.05, 4.69) is 20.7 Å². The predicted octanol–water partition coefficient (Wildman–Crippen LogP) is 2.39. The Labute approximate surface area is 152 Å². The summed E-state index contributed by atoms with van der Waals surface area (Å²) in [6.45, 7) is 0. The second-order valence-corrected chi connectivity index (χ2v) is 7.27. The summed E-state index contributed by atoms with van der Waals surface area (Å²) in [5, 5.41) is 8.58. The van der Waals surface area contributed by atoms with Crippen molar-refractivity contribution in [3.8, 4) is 11.5 Å². The van der Waals surface area contributed by atoms with Gasteiger partial charge in [-0.25, -0.2) is 13.9 Å². The molecule has 0 aliphatic carbocycles. The first-order valence-corrected chi connectivity index (χ1v) is 9.09. The molecule has 0 aliphatic rings. The first-order chi connectivity index (χ1) is 11.8. The molecule has 0 spiro atoms. The summed E-state index contributed by atoms with van der Waals surface area (Å²) in [6.07, 6.45) is 0. The number of amides is 1. The third kappa shape index (κ3) is 4.21. The van der Waals surface area contributed by atoms with Crippen LogP contribution in [0, 0.1) is 0 Å². The van der Waals surface area contributed by atoms with Crippen LogP contribution in [0.5, 0.6) is 11.5 Å². The van der Waals surface area contributed by atoms with Crippen molar-refractivity contribution in [2.75, 3.05) is 18.9 Å².